The predicted molar refractivity (Wildman–Crippen MR) is 82.1 cm³/mol. The molecular formula is C15H25F3N2OS. The van der Waals surface area contributed by atoms with Gasteiger partial charge >= 0.3 is 5.51 Å². The lowest BCUT2D eigenvalue weighted by Gasteiger charge is -2.39. The highest BCUT2D eigenvalue weighted by atomic mass is 32.2. The zero-order valence-corrected chi connectivity index (χ0v) is 13.6. The van der Waals surface area contributed by atoms with E-state index in [9.17, 15) is 18.0 Å². The van der Waals surface area contributed by atoms with E-state index >= 15 is 0 Å². The summed E-state index contributed by atoms with van der Waals surface area (Å²) >= 11 is -0.271. The molecule has 0 aromatic rings. The van der Waals surface area contributed by atoms with E-state index in [1.807, 2.05) is 0 Å². The number of carbonyl (C=O) groups is 1. The average molecular weight is 338 g/mol. The van der Waals surface area contributed by atoms with Gasteiger partial charge in [0.05, 0.1) is 0 Å². The second kappa shape index (κ2) is 8.43. The highest BCUT2D eigenvalue weighted by Crippen LogP contribution is 2.43. The number of fused-ring (bicyclic) bond motifs is 2. The number of hydrogen-bond donors (Lipinski definition) is 2. The second-order valence-corrected chi connectivity index (χ2v) is 7.52. The van der Waals surface area contributed by atoms with Crippen LogP contribution in [0.2, 0.25) is 0 Å². The minimum atomic E-state index is -4.27. The van der Waals surface area contributed by atoms with E-state index in [0.29, 0.717) is 12.3 Å². The van der Waals surface area contributed by atoms with E-state index in [4.69, 9.17) is 0 Å². The summed E-state index contributed by atoms with van der Waals surface area (Å²) in [5.74, 6) is 2.34. The fourth-order valence-electron chi connectivity index (χ4n) is 3.91. The third-order valence-electron chi connectivity index (χ3n) is 4.74. The van der Waals surface area contributed by atoms with Crippen LogP contribution in [0.4, 0.5) is 13.2 Å². The van der Waals surface area contributed by atoms with Crippen molar-refractivity contribution in [1.29, 1.82) is 0 Å². The van der Waals surface area contributed by atoms with Crippen molar-refractivity contribution < 1.29 is 18.0 Å². The largest absolute Gasteiger partial charge is 0.456 e. The van der Waals surface area contributed by atoms with E-state index in [1.54, 1.807) is 0 Å². The molecule has 22 heavy (non-hydrogen) atoms. The maximum atomic E-state index is 11.9. The summed E-state index contributed by atoms with van der Waals surface area (Å²) in [5, 5.41) is 2.68. The van der Waals surface area contributed by atoms with Gasteiger partial charge in [0.2, 0.25) is 5.91 Å². The topological polar surface area (TPSA) is 41.1 Å². The van der Waals surface area contributed by atoms with Crippen molar-refractivity contribution in [1.82, 2.24) is 10.0 Å². The van der Waals surface area contributed by atoms with Gasteiger partial charge in [-0.3, -0.25) is 9.52 Å². The quantitative estimate of drug-likeness (QED) is 0.547. The lowest BCUT2D eigenvalue weighted by molar-refractivity contribution is -0.121. The third kappa shape index (κ3) is 6.77. The van der Waals surface area contributed by atoms with E-state index in [0.717, 1.165) is 18.3 Å². The molecule has 2 N–H and O–H groups in total. The smallest absolute Gasteiger partial charge is 0.355 e. The molecule has 0 heterocycles. The highest BCUT2D eigenvalue weighted by Gasteiger charge is 2.31. The molecule has 0 radical (unpaired) electrons. The lowest BCUT2D eigenvalue weighted by Crippen LogP contribution is -2.32. The van der Waals surface area contributed by atoms with E-state index < -0.39 is 5.51 Å². The van der Waals surface area contributed by atoms with Crippen molar-refractivity contribution in [3.05, 3.63) is 0 Å². The van der Waals surface area contributed by atoms with Gasteiger partial charge in [-0.25, -0.2) is 0 Å². The zero-order chi connectivity index (χ0) is 16.0. The van der Waals surface area contributed by atoms with Gasteiger partial charge in [-0.2, -0.15) is 13.2 Å². The molecule has 0 aromatic heterocycles. The van der Waals surface area contributed by atoms with Crippen LogP contribution in [0.25, 0.3) is 0 Å². The summed E-state index contributed by atoms with van der Waals surface area (Å²) in [6.07, 6.45) is 9.38. The molecule has 7 heteroatoms. The van der Waals surface area contributed by atoms with Crippen LogP contribution >= 0.6 is 11.9 Å². The summed E-state index contributed by atoms with van der Waals surface area (Å²) in [7, 11) is 0. The normalized spacial score (nSPS) is 28.4. The van der Waals surface area contributed by atoms with Crippen LogP contribution in [-0.2, 0) is 4.79 Å². The van der Waals surface area contributed by atoms with Gasteiger partial charge in [-0.15, -0.1) is 0 Å². The third-order valence-corrected chi connectivity index (χ3v) is 5.32. The van der Waals surface area contributed by atoms with Crippen LogP contribution in [0, 0.1) is 17.8 Å². The van der Waals surface area contributed by atoms with E-state index in [2.05, 4.69) is 10.0 Å². The van der Waals surface area contributed by atoms with Gasteiger partial charge in [0.25, 0.3) is 0 Å². The zero-order valence-electron chi connectivity index (χ0n) is 12.8. The maximum Gasteiger partial charge on any atom is 0.456 e. The minimum Gasteiger partial charge on any atom is -0.355 e. The van der Waals surface area contributed by atoms with E-state index in [-0.39, 0.29) is 30.9 Å². The molecule has 2 fully saturated rings. The maximum absolute atomic E-state index is 11.9. The fraction of sp³-hybridized carbons (Fsp3) is 0.933. The predicted octanol–water partition coefficient (Wildman–Crippen LogP) is 3.86. The number of nitrogens with one attached hydrogen (secondary N) is 2. The van der Waals surface area contributed by atoms with Gasteiger partial charge in [-0.1, -0.05) is 19.3 Å². The Morgan fingerprint density at radius 3 is 2.41 bits per heavy atom. The Kier molecular flexibility index (Phi) is 6.87. The summed E-state index contributed by atoms with van der Waals surface area (Å²) in [4.78, 5) is 11.7. The molecule has 2 rings (SSSR count). The lowest BCUT2D eigenvalue weighted by atomic mass is 9.67. The molecule has 0 saturated heterocycles. The van der Waals surface area contributed by atoms with Crippen LogP contribution in [-0.4, -0.2) is 24.5 Å². The van der Waals surface area contributed by atoms with Crippen LogP contribution < -0.4 is 10.0 Å². The van der Waals surface area contributed by atoms with Gasteiger partial charge in [0.1, 0.15) is 0 Å². The standard InChI is InChI=1S/C15H25F3N2OS/c16-15(17,18)22-20-7-6-19-14(21)5-4-13-9-11-2-1-3-12(8-11)10-13/h11-13,20H,1-10H2,(H,19,21). The van der Waals surface area contributed by atoms with Gasteiger partial charge < -0.3 is 5.32 Å². The van der Waals surface area contributed by atoms with Gasteiger partial charge in [-0.05, 0) is 43.4 Å². The molecule has 2 bridgehead atoms. The van der Waals surface area contributed by atoms with Crippen LogP contribution in [0.15, 0.2) is 0 Å². The minimum absolute atomic E-state index is 0.0467. The number of rotatable bonds is 7. The number of alkyl halides is 3. The molecule has 1 amide bonds. The molecule has 0 spiro atoms. The first-order chi connectivity index (χ1) is 10.4. The van der Waals surface area contributed by atoms with Gasteiger partial charge in [0, 0.05) is 31.5 Å². The van der Waals surface area contributed by atoms with Crippen molar-refractivity contribution in [2.24, 2.45) is 17.8 Å². The first kappa shape index (κ1) is 17.9. The van der Waals surface area contributed by atoms with Crippen LogP contribution in [0.1, 0.15) is 51.4 Å². The Morgan fingerprint density at radius 2 is 1.77 bits per heavy atom. The molecule has 0 aromatic carbocycles. The Balaban J connectivity index is 1.52. The van der Waals surface area contributed by atoms with Crippen LogP contribution in [0.3, 0.4) is 0 Å². The summed E-state index contributed by atoms with van der Waals surface area (Å²) in [5.41, 5.74) is -4.27. The molecule has 2 aliphatic carbocycles. The van der Waals surface area contributed by atoms with Crippen molar-refractivity contribution in [3.63, 3.8) is 0 Å². The van der Waals surface area contributed by atoms with Gasteiger partial charge in [0.15, 0.2) is 0 Å². The molecule has 0 aliphatic heterocycles. The Morgan fingerprint density at radius 1 is 1.09 bits per heavy atom. The first-order valence-corrected chi connectivity index (χ1v) is 8.98. The Labute approximate surface area is 134 Å². The van der Waals surface area contributed by atoms with E-state index in [1.165, 1.54) is 38.5 Å². The number of amides is 1. The number of halogens is 3. The molecule has 2 unspecified atom stereocenters. The first-order valence-electron chi connectivity index (χ1n) is 8.16. The molecule has 3 nitrogen and oxygen atoms in total. The molecule has 2 saturated carbocycles. The molecule has 2 atom stereocenters. The van der Waals surface area contributed by atoms with Crippen molar-refractivity contribution in [2.75, 3.05) is 13.1 Å². The highest BCUT2D eigenvalue weighted by molar-refractivity contribution is 7.98. The second-order valence-electron chi connectivity index (χ2n) is 6.57. The van der Waals surface area contributed by atoms with Crippen LogP contribution in [0.5, 0.6) is 0 Å². The van der Waals surface area contributed by atoms with Crippen molar-refractivity contribution >= 4 is 17.9 Å². The summed E-state index contributed by atoms with van der Waals surface area (Å²) in [6, 6.07) is 0. The monoisotopic (exact) mass is 338 g/mol. The average Bonchev–Trinajstić information content (AvgIpc) is 2.43. The molecular weight excluding hydrogens is 313 g/mol. The van der Waals surface area contributed by atoms with Crippen molar-refractivity contribution in [2.45, 2.75) is 56.9 Å². The Bertz CT molecular complexity index is 353. The Hall–Kier alpha value is -0.430. The fourth-order valence-corrected chi connectivity index (χ4v) is 4.28. The molecule has 128 valence electrons. The summed E-state index contributed by atoms with van der Waals surface area (Å²) < 4.78 is 37.8. The number of carbonyl (C=O) groups excluding carboxylic acids is 1. The SMILES string of the molecule is O=C(CCC1CC2CCCC(C2)C1)NCCNSC(F)(F)F. The number of hydrogen-bond acceptors (Lipinski definition) is 3. The van der Waals surface area contributed by atoms with Crippen molar-refractivity contribution in [3.8, 4) is 0 Å². The summed E-state index contributed by atoms with van der Waals surface area (Å²) in [6.45, 7) is 0.349. The molecule has 2 aliphatic rings.